The van der Waals surface area contributed by atoms with Crippen molar-refractivity contribution < 1.29 is 27.5 Å². The lowest BCUT2D eigenvalue weighted by Gasteiger charge is -2.23. The van der Waals surface area contributed by atoms with Crippen LogP contribution in [0.15, 0.2) is 76.5 Å². The molecule has 0 fully saturated rings. The Bertz CT molecular complexity index is 1250. The first-order chi connectivity index (χ1) is 13.8. The van der Waals surface area contributed by atoms with Crippen molar-refractivity contribution in [1.82, 2.24) is 0 Å². The van der Waals surface area contributed by atoms with Crippen LogP contribution in [0.3, 0.4) is 0 Å². The fraction of sp³-hybridized carbons (Fsp3) is 0.0476. The van der Waals surface area contributed by atoms with Gasteiger partial charge in [0, 0.05) is 0 Å². The molecule has 6 nitrogen and oxygen atoms in total. The van der Waals surface area contributed by atoms with E-state index in [4.69, 9.17) is 0 Å². The van der Waals surface area contributed by atoms with Gasteiger partial charge in [0.1, 0.15) is 5.82 Å². The van der Waals surface area contributed by atoms with Gasteiger partial charge in [-0.2, -0.15) is 0 Å². The Balaban J connectivity index is 1.98. The second-order valence-corrected chi connectivity index (χ2v) is 8.39. The predicted octanol–water partition coefficient (Wildman–Crippen LogP) is 3.52. The van der Waals surface area contributed by atoms with E-state index in [0.717, 1.165) is 0 Å². The predicted molar refractivity (Wildman–Crippen MR) is 102 cm³/mol. The molecule has 0 spiro atoms. The van der Waals surface area contributed by atoms with Crippen LogP contribution in [0, 0.1) is 5.82 Å². The summed E-state index contributed by atoms with van der Waals surface area (Å²) < 4.78 is 39.7. The molecule has 1 amide bonds. The quantitative estimate of drug-likeness (QED) is 0.712. The zero-order chi connectivity index (χ0) is 20.8. The van der Waals surface area contributed by atoms with Gasteiger partial charge in [-0.1, -0.05) is 24.3 Å². The average Bonchev–Trinajstić information content (AvgIpc) is 2.78. The Morgan fingerprint density at radius 3 is 2.34 bits per heavy atom. The number of sulfone groups is 1. The third kappa shape index (κ3) is 3.17. The molecule has 3 aromatic rings. The molecule has 0 atom stereocenters. The molecule has 4 rings (SSSR count). The van der Waals surface area contributed by atoms with Crippen LogP contribution in [-0.4, -0.2) is 25.4 Å². The Morgan fingerprint density at radius 2 is 1.66 bits per heavy atom. The van der Waals surface area contributed by atoms with Crippen molar-refractivity contribution in [2.75, 3.05) is 4.90 Å². The van der Waals surface area contributed by atoms with E-state index in [0.29, 0.717) is 5.56 Å². The molecular formula is C21H14FNO5S. The van der Waals surface area contributed by atoms with Gasteiger partial charge in [-0.3, -0.25) is 4.79 Å². The van der Waals surface area contributed by atoms with Crippen molar-refractivity contribution in [3.05, 3.63) is 89.2 Å². The molecule has 1 aliphatic heterocycles. The molecule has 0 saturated heterocycles. The number of rotatable bonds is 3. The smallest absolute Gasteiger partial charge is 0.335 e. The number of carbonyl (C=O) groups excluding carboxylic acids is 1. The number of fused-ring (bicyclic) bond motifs is 2. The van der Waals surface area contributed by atoms with Crippen LogP contribution < -0.4 is 4.90 Å². The first-order valence-corrected chi connectivity index (χ1v) is 10.0. The summed E-state index contributed by atoms with van der Waals surface area (Å²) in [5.74, 6) is -2.28. The molecule has 0 saturated carbocycles. The zero-order valence-electron chi connectivity index (χ0n) is 14.9. The van der Waals surface area contributed by atoms with Crippen LogP contribution >= 0.6 is 0 Å². The number of halogens is 1. The van der Waals surface area contributed by atoms with E-state index in [2.05, 4.69) is 0 Å². The largest absolute Gasteiger partial charge is 0.478 e. The number of nitrogens with zero attached hydrogens (tertiary/aromatic N) is 1. The lowest BCUT2D eigenvalue weighted by molar-refractivity contribution is 0.0696. The molecule has 0 aliphatic carbocycles. The van der Waals surface area contributed by atoms with Gasteiger partial charge in [0.2, 0.25) is 9.84 Å². The van der Waals surface area contributed by atoms with Crippen molar-refractivity contribution in [2.24, 2.45) is 0 Å². The first-order valence-electron chi connectivity index (χ1n) is 8.57. The molecule has 0 aromatic heterocycles. The summed E-state index contributed by atoms with van der Waals surface area (Å²) in [6.07, 6.45) is 0. The van der Waals surface area contributed by atoms with Crippen LogP contribution in [0.4, 0.5) is 10.1 Å². The molecule has 1 aliphatic rings. The van der Waals surface area contributed by atoms with E-state index < -0.39 is 27.5 Å². The Kier molecular flexibility index (Phi) is 4.43. The Labute approximate surface area is 165 Å². The maximum Gasteiger partial charge on any atom is 0.335 e. The fourth-order valence-electron chi connectivity index (χ4n) is 3.27. The van der Waals surface area contributed by atoms with Crippen LogP contribution in [-0.2, 0) is 16.4 Å². The third-order valence-corrected chi connectivity index (χ3v) is 6.55. The third-order valence-electron chi connectivity index (χ3n) is 4.69. The number of aromatic carboxylic acids is 1. The van der Waals surface area contributed by atoms with Gasteiger partial charge >= 0.3 is 5.97 Å². The van der Waals surface area contributed by atoms with Crippen LogP contribution in [0.2, 0.25) is 0 Å². The van der Waals surface area contributed by atoms with Gasteiger partial charge in [-0.15, -0.1) is 0 Å². The number of carboxylic acid groups (broad SMARTS) is 1. The van der Waals surface area contributed by atoms with E-state index in [1.807, 2.05) is 0 Å². The highest BCUT2D eigenvalue weighted by molar-refractivity contribution is 7.91. The minimum atomic E-state index is -4.06. The number of hydrogen-bond acceptors (Lipinski definition) is 4. The van der Waals surface area contributed by atoms with E-state index in [1.165, 1.54) is 65.6 Å². The molecule has 8 heteroatoms. The first kappa shape index (κ1) is 18.8. The number of benzene rings is 3. The lowest BCUT2D eigenvalue weighted by atomic mass is 10.1. The highest BCUT2D eigenvalue weighted by Crippen LogP contribution is 2.38. The molecule has 1 N–H and O–H groups in total. The van der Waals surface area contributed by atoms with Crippen molar-refractivity contribution in [3.63, 3.8) is 0 Å². The van der Waals surface area contributed by atoms with Gasteiger partial charge in [-0.05, 0) is 48.0 Å². The summed E-state index contributed by atoms with van der Waals surface area (Å²) in [6.45, 7) is -0.0565. The number of carboxylic acids is 1. The SMILES string of the molecule is O=C(O)c1ccc2c(c1)N(Cc1ccc(F)cc1)C(=O)c1ccccc1S2(=O)=O. The molecule has 1 heterocycles. The molecule has 0 unspecified atom stereocenters. The van der Waals surface area contributed by atoms with Crippen molar-refractivity contribution >= 4 is 27.4 Å². The molecule has 0 bridgehead atoms. The Hall–Kier alpha value is -3.52. The van der Waals surface area contributed by atoms with Gasteiger partial charge < -0.3 is 10.0 Å². The highest BCUT2D eigenvalue weighted by atomic mass is 32.2. The van der Waals surface area contributed by atoms with Crippen molar-refractivity contribution in [3.8, 4) is 0 Å². The molecule has 146 valence electrons. The van der Waals surface area contributed by atoms with E-state index in [1.54, 1.807) is 6.07 Å². The van der Waals surface area contributed by atoms with Gasteiger partial charge in [-0.25, -0.2) is 17.6 Å². The number of carbonyl (C=O) groups is 2. The highest BCUT2D eigenvalue weighted by Gasteiger charge is 2.36. The topological polar surface area (TPSA) is 91.8 Å². The minimum Gasteiger partial charge on any atom is -0.478 e. The van der Waals surface area contributed by atoms with Crippen LogP contribution in [0.25, 0.3) is 0 Å². The minimum absolute atomic E-state index is 0.0114. The maximum absolute atomic E-state index is 13.3. The second kappa shape index (κ2) is 6.82. The summed E-state index contributed by atoms with van der Waals surface area (Å²) in [5.41, 5.74) is 0.364. The normalized spacial score (nSPS) is 14.7. The van der Waals surface area contributed by atoms with Gasteiger partial charge in [0.15, 0.2) is 0 Å². The fourth-order valence-corrected chi connectivity index (χ4v) is 4.90. The molecule has 0 radical (unpaired) electrons. The van der Waals surface area contributed by atoms with E-state index in [9.17, 15) is 27.5 Å². The summed E-state index contributed by atoms with van der Waals surface area (Å²) >= 11 is 0. The Morgan fingerprint density at radius 1 is 0.966 bits per heavy atom. The molecule has 29 heavy (non-hydrogen) atoms. The molecule has 3 aromatic carbocycles. The number of amides is 1. The monoisotopic (exact) mass is 411 g/mol. The summed E-state index contributed by atoms with van der Waals surface area (Å²) in [4.78, 5) is 25.6. The van der Waals surface area contributed by atoms with Crippen LogP contribution in [0.5, 0.6) is 0 Å². The summed E-state index contributed by atoms with van der Waals surface area (Å²) in [6, 6.07) is 14.8. The summed E-state index contributed by atoms with van der Waals surface area (Å²) in [7, 11) is -4.06. The van der Waals surface area contributed by atoms with E-state index >= 15 is 0 Å². The van der Waals surface area contributed by atoms with E-state index in [-0.39, 0.29) is 33.2 Å². The standard InChI is InChI=1S/C21H14FNO5S/c22-15-8-5-13(6-9-15)12-23-17-11-14(21(25)26)7-10-19(17)29(27,28)18-4-2-1-3-16(18)20(23)24/h1-11H,12H2,(H,25,26). The number of anilines is 1. The maximum atomic E-state index is 13.3. The average molecular weight is 411 g/mol. The zero-order valence-corrected chi connectivity index (χ0v) is 15.7. The van der Waals surface area contributed by atoms with Crippen molar-refractivity contribution in [1.29, 1.82) is 0 Å². The van der Waals surface area contributed by atoms with Crippen molar-refractivity contribution in [2.45, 2.75) is 16.3 Å². The number of hydrogen-bond donors (Lipinski definition) is 1. The van der Waals surface area contributed by atoms with Gasteiger partial charge in [0.25, 0.3) is 5.91 Å². The second-order valence-electron chi connectivity index (χ2n) is 6.51. The van der Waals surface area contributed by atoms with Crippen LogP contribution in [0.1, 0.15) is 26.3 Å². The van der Waals surface area contributed by atoms with Gasteiger partial charge in [0.05, 0.1) is 33.2 Å². The lowest BCUT2D eigenvalue weighted by Crippen LogP contribution is -2.30. The molecular weight excluding hydrogens is 397 g/mol. The summed E-state index contributed by atoms with van der Waals surface area (Å²) in [5, 5.41) is 9.34.